The minimum absolute atomic E-state index is 0.0252. The first-order chi connectivity index (χ1) is 12.1. The van der Waals surface area contributed by atoms with Crippen molar-refractivity contribution in [2.24, 2.45) is 5.92 Å². The van der Waals surface area contributed by atoms with Gasteiger partial charge in [-0.3, -0.25) is 4.79 Å². The number of amides is 1. The Morgan fingerprint density at radius 3 is 2.80 bits per heavy atom. The first-order valence-corrected chi connectivity index (χ1v) is 8.76. The molecule has 5 heteroatoms. The number of anilines is 1. The number of rotatable bonds is 4. The summed E-state index contributed by atoms with van der Waals surface area (Å²) >= 11 is 0. The molecule has 0 spiro atoms. The Balaban J connectivity index is 1.40. The van der Waals surface area contributed by atoms with Crippen LogP contribution >= 0.6 is 0 Å². The van der Waals surface area contributed by atoms with Gasteiger partial charge in [0, 0.05) is 6.07 Å². The fourth-order valence-electron chi connectivity index (χ4n) is 3.61. The molecule has 3 atom stereocenters. The van der Waals surface area contributed by atoms with Crippen LogP contribution in [-0.4, -0.2) is 23.1 Å². The maximum Gasteiger partial charge on any atom is 0.230 e. The zero-order valence-corrected chi connectivity index (χ0v) is 14.5. The van der Waals surface area contributed by atoms with Crippen LogP contribution in [0.2, 0.25) is 0 Å². The van der Waals surface area contributed by atoms with Gasteiger partial charge in [0.2, 0.25) is 11.8 Å². The number of carbonyl (C=O) groups excluding carboxylic acids is 1. The number of benzene rings is 1. The summed E-state index contributed by atoms with van der Waals surface area (Å²) in [7, 11) is 0. The van der Waals surface area contributed by atoms with Crippen molar-refractivity contribution in [3.05, 3.63) is 47.7 Å². The van der Waals surface area contributed by atoms with Crippen molar-refractivity contribution in [2.75, 3.05) is 5.32 Å². The summed E-state index contributed by atoms with van der Waals surface area (Å²) in [6.07, 6.45) is 4.89. The van der Waals surface area contributed by atoms with E-state index in [4.69, 9.17) is 9.47 Å². The van der Waals surface area contributed by atoms with Gasteiger partial charge in [0.1, 0.15) is 5.75 Å². The number of carbonyl (C=O) groups is 1. The SMILES string of the molecule is Cc1cccc(Oc2ccc(NC(=O)[C@@H]3C[C@H]4CC[C@@H]3O4)cn2)c1C. The van der Waals surface area contributed by atoms with Crippen LogP contribution in [0.3, 0.4) is 0 Å². The van der Waals surface area contributed by atoms with E-state index < -0.39 is 0 Å². The van der Waals surface area contributed by atoms with Crippen LogP contribution in [0.4, 0.5) is 5.69 Å². The Hall–Kier alpha value is -2.40. The highest BCUT2D eigenvalue weighted by atomic mass is 16.5. The largest absolute Gasteiger partial charge is 0.439 e. The van der Waals surface area contributed by atoms with Crippen LogP contribution in [0.15, 0.2) is 36.5 Å². The maximum atomic E-state index is 12.4. The number of hydrogen-bond acceptors (Lipinski definition) is 4. The van der Waals surface area contributed by atoms with E-state index in [1.807, 2.05) is 38.1 Å². The van der Waals surface area contributed by atoms with E-state index in [2.05, 4.69) is 10.3 Å². The molecule has 25 heavy (non-hydrogen) atoms. The van der Waals surface area contributed by atoms with Crippen LogP contribution in [0.5, 0.6) is 11.6 Å². The molecule has 2 bridgehead atoms. The lowest BCUT2D eigenvalue weighted by Gasteiger charge is -2.18. The second-order valence-corrected chi connectivity index (χ2v) is 6.89. The molecular weight excluding hydrogens is 316 g/mol. The molecule has 0 radical (unpaired) electrons. The summed E-state index contributed by atoms with van der Waals surface area (Å²) in [5, 5.41) is 2.94. The van der Waals surface area contributed by atoms with Crippen LogP contribution in [0.1, 0.15) is 30.4 Å². The fraction of sp³-hybridized carbons (Fsp3) is 0.400. The zero-order chi connectivity index (χ0) is 17.4. The number of hydrogen-bond donors (Lipinski definition) is 1. The van der Waals surface area contributed by atoms with Crippen LogP contribution < -0.4 is 10.1 Å². The first kappa shape index (κ1) is 16.1. The molecule has 1 aromatic heterocycles. The lowest BCUT2D eigenvalue weighted by Crippen LogP contribution is -2.30. The molecule has 2 aromatic rings. The Kier molecular flexibility index (Phi) is 4.17. The summed E-state index contributed by atoms with van der Waals surface area (Å²) in [5.74, 6) is 1.29. The summed E-state index contributed by atoms with van der Waals surface area (Å²) in [6.45, 7) is 4.07. The molecule has 3 heterocycles. The van der Waals surface area contributed by atoms with Crippen LogP contribution in [-0.2, 0) is 9.53 Å². The second-order valence-electron chi connectivity index (χ2n) is 6.89. The Morgan fingerprint density at radius 2 is 2.12 bits per heavy atom. The highest BCUT2D eigenvalue weighted by Crippen LogP contribution is 2.39. The van der Waals surface area contributed by atoms with Gasteiger partial charge >= 0.3 is 0 Å². The molecular formula is C20H22N2O3. The van der Waals surface area contributed by atoms with Crippen molar-refractivity contribution < 1.29 is 14.3 Å². The van der Waals surface area contributed by atoms with Gasteiger partial charge in [-0.25, -0.2) is 4.98 Å². The summed E-state index contributed by atoms with van der Waals surface area (Å²) in [4.78, 5) is 16.7. The second kappa shape index (κ2) is 6.48. The van der Waals surface area contributed by atoms with E-state index in [0.29, 0.717) is 11.6 Å². The third-order valence-electron chi connectivity index (χ3n) is 5.22. The van der Waals surface area contributed by atoms with E-state index in [-0.39, 0.29) is 24.0 Å². The predicted octanol–water partition coefficient (Wildman–Crippen LogP) is 4.00. The molecule has 0 saturated carbocycles. The number of nitrogens with one attached hydrogen (secondary N) is 1. The number of aryl methyl sites for hydroxylation is 1. The average molecular weight is 338 g/mol. The molecule has 2 aliphatic rings. The lowest BCUT2D eigenvalue weighted by molar-refractivity contribution is -0.121. The molecule has 4 rings (SSSR count). The Morgan fingerprint density at radius 1 is 1.24 bits per heavy atom. The lowest BCUT2D eigenvalue weighted by atomic mass is 9.88. The molecule has 5 nitrogen and oxygen atoms in total. The van der Waals surface area contributed by atoms with Gasteiger partial charge in [-0.1, -0.05) is 12.1 Å². The maximum absolute atomic E-state index is 12.4. The minimum atomic E-state index is -0.0374. The average Bonchev–Trinajstić information content (AvgIpc) is 3.24. The monoisotopic (exact) mass is 338 g/mol. The van der Waals surface area contributed by atoms with Gasteiger partial charge in [-0.2, -0.15) is 0 Å². The topological polar surface area (TPSA) is 60.5 Å². The van der Waals surface area contributed by atoms with Crippen molar-refractivity contribution >= 4 is 11.6 Å². The van der Waals surface area contributed by atoms with E-state index in [9.17, 15) is 4.79 Å². The number of nitrogens with zero attached hydrogens (tertiary/aromatic N) is 1. The smallest absolute Gasteiger partial charge is 0.230 e. The van der Waals surface area contributed by atoms with Gasteiger partial charge < -0.3 is 14.8 Å². The van der Waals surface area contributed by atoms with Crippen molar-refractivity contribution in [1.82, 2.24) is 4.98 Å². The first-order valence-electron chi connectivity index (χ1n) is 8.76. The standard InChI is InChI=1S/C20H22N2O3/c1-12-4-3-5-17(13(12)2)25-19-9-6-14(11-21-19)22-20(23)16-10-15-7-8-18(16)24-15/h3-6,9,11,15-16,18H,7-8,10H2,1-2H3,(H,22,23)/t15-,16-,18+/m1/s1. The summed E-state index contributed by atoms with van der Waals surface area (Å²) < 4.78 is 11.6. The molecule has 130 valence electrons. The quantitative estimate of drug-likeness (QED) is 0.915. The van der Waals surface area contributed by atoms with Gasteiger partial charge in [0.25, 0.3) is 0 Å². The molecule has 0 unspecified atom stereocenters. The third kappa shape index (κ3) is 3.24. The molecule has 1 amide bonds. The highest BCUT2D eigenvalue weighted by Gasteiger charge is 2.44. The van der Waals surface area contributed by atoms with Gasteiger partial charge in [-0.05, 0) is 56.4 Å². The number of pyridine rings is 1. The van der Waals surface area contributed by atoms with E-state index >= 15 is 0 Å². The molecule has 2 aliphatic heterocycles. The molecule has 0 aliphatic carbocycles. The van der Waals surface area contributed by atoms with Gasteiger partial charge in [0.15, 0.2) is 0 Å². The molecule has 1 N–H and O–H groups in total. The normalized spacial score (nSPS) is 24.3. The van der Waals surface area contributed by atoms with E-state index in [1.165, 1.54) is 5.56 Å². The Bertz CT molecular complexity index is 788. The van der Waals surface area contributed by atoms with Crippen molar-refractivity contribution in [2.45, 2.75) is 45.3 Å². The Labute approximate surface area is 147 Å². The molecule has 2 fully saturated rings. The van der Waals surface area contributed by atoms with Crippen molar-refractivity contribution in [3.63, 3.8) is 0 Å². The van der Waals surface area contributed by atoms with Gasteiger partial charge in [-0.15, -0.1) is 0 Å². The molecule has 1 aromatic carbocycles. The number of fused-ring (bicyclic) bond motifs is 2. The summed E-state index contributed by atoms with van der Waals surface area (Å²) in [5.41, 5.74) is 2.95. The fourth-order valence-corrected chi connectivity index (χ4v) is 3.61. The van der Waals surface area contributed by atoms with Crippen molar-refractivity contribution in [1.29, 1.82) is 0 Å². The van der Waals surface area contributed by atoms with Gasteiger partial charge in [0.05, 0.1) is 30.0 Å². The van der Waals surface area contributed by atoms with Crippen LogP contribution in [0, 0.1) is 19.8 Å². The predicted molar refractivity (Wildman–Crippen MR) is 94.9 cm³/mol. The number of ether oxygens (including phenoxy) is 2. The van der Waals surface area contributed by atoms with Crippen LogP contribution in [0.25, 0.3) is 0 Å². The zero-order valence-electron chi connectivity index (χ0n) is 14.5. The van der Waals surface area contributed by atoms with E-state index in [1.54, 1.807) is 12.3 Å². The highest BCUT2D eigenvalue weighted by molar-refractivity contribution is 5.93. The van der Waals surface area contributed by atoms with Crippen molar-refractivity contribution in [3.8, 4) is 11.6 Å². The summed E-state index contributed by atoms with van der Waals surface area (Å²) in [6, 6.07) is 9.53. The number of aromatic nitrogens is 1. The molecule has 2 saturated heterocycles. The van der Waals surface area contributed by atoms with E-state index in [0.717, 1.165) is 30.6 Å². The third-order valence-corrected chi connectivity index (χ3v) is 5.22. The minimum Gasteiger partial charge on any atom is -0.439 e.